The van der Waals surface area contributed by atoms with Gasteiger partial charge in [0, 0.05) is 23.4 Å². The van der Waals surface area contributed by atoms with E-state index in [9.17, 15) is 0 Å². The van der Waals surface area contributed by atoms with E-state index in [4.69, 9.17) is 14.5 Å². The first-order chi connectivity index (χ1) is 18.8. The standard InChI is InChI=1S/C32H22N4O2/c1-3-15-29-27(13-1)32(31-17-5-6-18-33-31,28-14-2-4-16-30(28)38-29)23-9-7-11-25(21-23)37-26-12-8-10-24(22-26)36-20-19-34-35-36/h1-22H. The molecule has 6 heteroatoms. The number of para-hydroxylation sites is 2. The smallest absolute Gasteiger partial charge is 0.132 e. The highest BCUT2D eigenvalue weighted by Gasteiger charge is 2.46. The van der Waals surface area contributed by atoms with Crippen LogP contribution in [0, 0.1) is 0 Å². The Bertz CT molecular complexity index is 1690. The second kappa shape index (κ2) is 9.01. The highest BCUT2D eigenvalue weighted by molar-refractivity contribution is 5.68. The minimum absolute atomic E-state index is 0.700. The van der Waals surface area contributed by atoms with E-state index in [1.807, 2.05) is 91.1 Å². The van der Waals surface area contributed by atoms with E-state index in [1.54, 1.807) is 17.1 Å². The molecule has 3 heterocycles. The quantitative estimate of drug-likeness (QED) is 0.259. The van der Waals surface area contributed by atoms with Crippen molar-refractivity contribution in [3.8, 4) is 28.7 Å². The summed E-state index contributed by atoms with van der Waals surface area (Å²) in [5, 5.41) is 7.99. The summed E-state index contributed by atoms with van der Waals surface area (Å²) in [7, 11) is 0. The van der Waals surface area contributed by atoms with Crippen molar-refractivity contribution in [2.45, 2.75) is 5.41 Å². The molecule has 0 saturated heterocycles. The molecule has 182 valence electrons. The summed E-state index contributed by atoms with van der Waals surface area (Å²) in [5.74, 6) is 3.04. The van der Waals surface area contributed by atoms with Crippen molar-refractivity contribution in [2.24, 2.45) is 0 Å². The molecule has 6 aromatic rings. The molecule has 2 aromatic heterocycles. The van der Waals surface area contributed by atoms with Gasteiger partial charge in [-0.25, -0.2) is 4.68 Å². The van der Waals surface area contributed by atoms with Crippen LogP contribution in [-0.2, 0) is 5.41 Å². The fourth-order valence-electron chi connectivity index (χ4n) is 5.28. The second-order valence-electron chi connectivity index (χ2n) is 9.03. The molecule has 4 aromatic carbocycles. The van der Waals surface area contributed by atoms with Gasteiger partial charge in [-0.3, -0.25) is 4.98 Å². The average Bonchev–Trinajstić information content (AvgIpc) is 3.52. The molecule has 6 nitrogen and oxygen atoms in total. The van der Waals surface area contributed by atoms with Gasteiger partial charge in [0.2, 0.25) is 0 Å². The molecule has 0 saturated carbocycles. The summed E-state index contributed by atoms with van der Waals surface area (Å²) >= 11 is 0. The average molecular weight is 495 g/mol. The SMILES string of the molecule is c1ccc(C2(c3cccc(Oc4cccc(-n5ccnn5)c4)c3)c3ccccc3Oc3ccccc32)nc1. The van der Waals surface area contributed by atoms with Crippen molar-refractivity contribution in [1.29, 1.82) is 0 Å². The minimum Gasteiger partial charge on any atom is -0.457 e. The summed E-state index contributed by atoms with van der Waals surface area (Å²) in [6.07, 6.45) is 5.29. The Hall–Kier alpha value is -5.23. The number of rotatable bonds is 5. The molecule has 0 fully saturated rings. The van der Waals surface area contributed by atoms with E-state index in [0.717, 1.165) is 45.3 Å². The number of fused-ring (bicyclic) bond motifs is 2. The van der Waals surface area contributed by atoms with E-state index in [-0.39, 0.29) is 0 Å². The molecule has 0 radical (unpaired) electrons. The van der Waals surface area contributed by atoms with Gasteiger partial charge < -0.3 is 9.47 Å². The summed E-state index contributed by atoms with van der Waals surface area (Å²) in [5.41, 5.74) is 4.17. The number of benzene rings is 4. The zero-order chi connectivity index (χ0) is 25.4. The third-order valence-electron chi connectivity index (χ3n) is 6.86. The lowest BCUT2D eigenvalue weighted by Gasteiger charge is -2.40. The maximum atomic E-state index is 6.39. The van der Waals surface area contributed by atoms with Crippen LogP contribution in [0.1, 0.15) is 22.4 Å². The van der Waals surface area contributed by atoms with E-state index in [1.165, 1.54) is 0 Å². The fraction of sp³-hybridized carbons (Fsp3) is 0.0312. The molecule has 1 aliphatic rings. The molecule has 0 atom stereocenters. The number of aromatic nitrogens is 4. The summed E-state index contributed by atoms with van der Waals surface area (Å²) in [6.45, 7) is 0. The summed E-state index contributed by atoms with van der Waals surface area (Å²) in [4.78, 5) is 4.89. The fourth-order valence-corrected chi connectivity index (χ4v) is 5.28. The second-order valence-corrected chi connectivity index (χ2v) is 9.03. The highest BCUT2D eigenvalue weighted by atomic mass is 16.5. The van der Waals surface area contributed by atoms with Gasteiger partial charge in [0.1, 0.15) is 23.0 Å². The third kappa shape index (κ3) is 3.54. The van der Waals surface area contributed by atoms with Crippen molar-refractivity contribution in [3.63, 3.8) is 0 Å². The Morgan fingerprint density at radius 3 is 2.08 bits per heavy atom. The lowest BCUT2D eigenvalue weighted by Crippen LogP contribution is -2.35. The van der Waals surface area contributed by atoms with Gasteiger partial charge in [-0.05, 0) is 54.1 Å². The van der Waals surface area contributed by atoms with E-state index >= 15 is 0 Å². The first-order valence-electron chi connectivity index (χ1n) is 12.4. The van der Waals surface area contributed by atoms with E-state index in [0.29, 0.717) is 5.75 Å². The van der Waals surface area contributed by atoms with Crippen molar-refractivity contribution in [3.05, 3.63) is 156 Å². The van der Waals surface area contributed by atoms with Crippen LogP contribution in [0.4, 0.5) is 0 Å². The predicted molar refractivity (Wildman–Crippen MR) is 144 cm³/mol. The van der Waals surface area contributed by atoms with Crippen LogP contribution in [0.2, 0.25) is 0 Å². The van der Waals surface area contributed by atoms with Crippen molar-refractivity contribution in [1.82, 2.24) is 20.0 Å². The minimum atomic E-state index is -0.700. The van der Waals surface area contributed by atoms with E-state index < -0.39 is 5.41 Å². The first-order valence-corrected chi connectivity index (χ1v) is 12.4. The van der Waals surface area contributed by atoms with Gasteiger partial charge in [0.15, 0.2) is 0 Å². The number of hydrogen-bond donors (Lipinski definition) is 0. The van der Waals surface area contributed by atoms with Crippen LogP contribution < -0.4 is 9.47 Å². The van der Waals surface area contributed by atoms with Crippen LogP contribution in [0.3, 0.4) is 0 Å². The molecule has 38 heavy (non-hydrogen) atoms. The third-order valence-corrected chi connectivity index (χ3v) is 6.86. The number of pyridine rings is 1. The Morgan fingerprint density at radius 1 is 0.658 bits per heavy atom. The number of hydrogen-bond acceptors (Lipinski definition) is 5. The van der Waals surface area contributed by atoms with Gasteiger partial charge in [0.05, 0.1) is 29.2 Å². The Labute approximate surface area is 219 Å². The van der Waals surface area contributed by atoms with E-state index in [2.05, 4.69) is 40.6 Å². The maximum absolute atomic E-state index is 6.39. The molecule has 0 bridgehead atoms. The largest absolute Gasteiger partial charge is 0.457 e. The predicted octanol–water partition coefficient (Wildman–Crippen LogP) is 6.94. The molecule has 1 aliphatic heterocycles. The molecular weight excluding hydrogens is 472 g/mol. The molecule has 0 unspecified atom stereocenters. The first kappa shape index (κ1) is 22.0. The van der Waals surface area contributed by atoms with Gasteiger partial charge in [-0.1, -0.05) is 65.9 Å². The maximum Gasteiger partial charge on any atom is 0.132 e. The lowest BCUT2D eigenvalue weighted by atomic mass is 9.65. The normalized spacial score (nSPS) is 13.2. The Morgan fingerprint density at radius 2 is 1.37 bits per heavy atom. The van der Waals surface area contributed by atoms with Crippen molar-refractivity contribution < 1.29 is 9.47 Å². The van der Waals surface area contributed by atoms with Crippen LogP contribution >= 0.6 is 0 Å². The molecule has 7 rings (SSSR count). The summed E-state index contributed by atoms with van der Waals surface area (Å²) in [6, 6.07) is 38.4. The van der Waals surface area contributed by atoms with Crippen LogP contribution in [0.25, 0.3) is 5.69 Å². The summed E-state index contributed by atoms with van der Waals surface area (Å²) < 4.78 is 14.5. The zero-order valence-electron chi connectivity index (χ0n) is 20.3. The zero-order valence-corrected chi connectivity index (χ0v) is 20.3. The molecule has 0 aliphatic carbocycles. The monoisotopic (exact) mass is 494 g/mol. The molecule has 0 spiro atoms. The Balaban J connectivity index is 1.41. The molecule has 0 N–H and O–H groups in total. The highest BCUT2D eigenvalue weighted by Crippen LogP contribution is 2.54. The van der Waals surface area contributed by atoms with Crippen LogP contribution in [0.15, 0.2) is 134 Å². The van der Waals surface area contributed by atoms with Crippen LogP contribution in [0.5, 0.6) is 23.0 Å². The van der Waals surface area contributed by atoms with Gasteiger partial charge >= 0.3 is 0 Å². The Kier molecular flexibility index (Phi) is 5.22. The lowest BCUT2D eigenvalue weighted by molar-refractivity contribution is 0.431. The topological polar surface area (TPSA) is 62.1 Å². The molecular formula is C32H22N4O2. The number of ether oxygens (including phenoxy) is 2. The van der Waals surface area contributed by atoms with Crippen molar-refractivity contribution in [2.75, 3.05) is 0 Å². The van der Waals surface area contributed by atoms with Crippen molar-refractivity contribution >= 4 is 0 Å². The van der Waals surface area contributed by atoms with Gasteiger partial charge in [0.25, 0.3) is 0 Å². The van der Waals surface area contributed by atoms with Crippen LogP contribution in [-0.4, -0.2) is 20.0 Å². The van der Waals surface area contributed by atoms with Gasteiger partial charge in [-0.2, -0.15) is 0 Å². The molecule has 0 amide bonds. The van der Waals surface area contributed by atoms with Gasteiger partial charge in [-0.15, -0.1) is 5.10 Å². The number of nitrogens with zero attached hydrogens (tertiary/aromatic N) is 4.